The normalized spacial score (nSPS) is 24.6. The molecular weight excluding hydrogens is 327 g/mol. The Balaban J connectivity index is 1.61. The van der Waals surface area contributed by atoms with Crippen molar-refractivity contribution in [2.75, 3.05) is 20.3 Å². The van der Waals surface area contributed by atoms with Gasteiger partial charge in [-0.15, -0.1) is 0 Å². The standard InChI is InChI=1S/C21H31BO4/c1-20(2)21(3,4)26-22(25-20)18-10-6-16(7-11-18)17-8-12-19(13-9-17)24-15-14-23-5/h6-8,10-11,19H,9,12-15H2,1-5H3. The number of benzene rings is 1. The Morgan fingerprint density at radius 3 is 2.23 bits per heavy atom. The third kappa shape index (κ3) is 4.23. The highest BCUT2D eigenvalue weighted by Gasteiger charge is 2.51. The molecule has 142 valence electrons. The Hall–Kier alpha value is -1.14. The average Bonchev–Trinajstić information content (AvgIpc) is 2.84. The predicted octanol–water partition coefficient (Wildman–Crippen LogP) is 3.58. The Morgan fingerprint density at radius 1 is 1.04 bits per heavy atom. The Bertz CT molecular complexity index is 620. The summed E-state index contributed by atoms with van der Waals surface area (Å²) in [6.45, 7) is 9.66. The van der Waals surface area contributed by atoms with Crippen LogP contribution in [0.2, 0.25) is 0 Å². The van der Waals surface area contributed by atoms with E-state index in [9.17, 15) is 0 Å². The first-order valence-corrected chi connectivity index (χ1v) is 9.58. The fourth-order valence-corrected chi connectivity index (χ4v) is 3.36. The SMILES string of the molecule is COCCOC1CC=C(c2ccc(B3OC(C)(C)C(C)(C)O3)cc2)CC1. The van der Waals surface area contributed by atoms with Gasteiger partial charge in [-0.05, 0) is 63.6 Å². The molecule has 1 saturated heterocycles. The van der Waals surface area contributed by atoms with Crippen LogP contribution in [0.5, 0.6) is 0 Å². The molecule has 0 amide bonds. The third-order valence-corrected chi connectivity index (χ3v) is 5.81. The van der Waals surface area contributed by atoms with Crippen LogP contribution in [0.1, 0.15) is 52.5 Å². The van der Waals surface area contributed by atoms with Crippen LogP contribution < -0.4 is 5.46 Å². The maximum absolute atomic E-state index is 6.13. The van der Waals surface area contributed by atoms with E-state index in [-0.39, 0.29) is 18.3 Å². The zero-order valence-corrected chi connectivity index (χ0v) is 16.7. The lowest BCUT2D eigenvalue weighted by atomic mass is 9.78. The van der Waals surface area contributed by atoms with E-state index in [2.05, 4.69) is 58.0 Å². The van der Waals surface area contributed by atoms with E-state index < -0.39 is 0 Å². The fourth-order valence-electron chi connectivity index (χ4n) is 3.36. The van der Waals surface area contributed by atoms with Crippen molar-refractivity contribution in [1.29, 1.82) is 0 Å². The van der Waals surface area contributed by atoms with E-state index in [4.69, 9.17) is 18.8 Å². The maximum atomic E-state index is 6.13. The summed E-state index contributed by atoms with van der Waals surface area (Å²) in [7, 11) is 1.41. The molecule has 0 bridgehead atoms. The number of ether oxygens (including phenoxy) is 2. The summed E-state index contributed by atoms with van der Waals surface area (Å²) >= 11 is 0. The molecule has 0 N–H and O–H groups in total. The first-order valence-electron chi connectivity index (χ1n) is 9.58. The van der Waals surface area contributed by atoms with Gasteiger partial charge in [-0.3, -0.25) is 0 Å². The van der Waals surface area contributed by atoms with Gasteiger partial charge in [0.1, 0.15) is 0 Å². The number of hydrogen-bond acceptors (Lipinski definition) is 4. The molecule has 5 heteroatoms. The van der Waals surface area contributed by atoms with Gasteiger partial charge in [-0.25, -0.2) is 0 Å². The number of allylic oxidation sites excluding steroid dienone is 1. The fraction of sp³-hybridized carbons (Fsp3) is 0.619. The second kappa shape index (κ2) is 7.85. The van der Waals surface area contributed by atoms with Crippen molar-refractivity contribution in [1.82, 2.24) is 0 Å². The molecule has 1 aliphatic carbocycles. The number of methoxy groups -OCH3 is 1. The van der Waals surface area contributed by atoms with E-state index >= 15 is 0 Å². The van der Waals surface area contributed by atoms with Crippen molar-refractivity contribution in [3.05, 3.63) is 35.9 Å². The van der Waals surface area contributed by atoms with Crippen LogP contribution in [-0.2, 0) is 18.8 Å². The molecule has 1 unspecified atom stereocenters. The molecule has 1 atom stereocenters. The van der Waals surface area contributed by atoms with Gasteiger partial charge in [0, 0.05) is 7.11 Å². The molecule has 0 saturated carbocycles. The molecule has 26 heavy (non-hydrogen) atoms. The van der Waals surface area contributed by atoms with E-state index in [1.807, 2.05) is 0 Å². The molecule has 0 radical (unpaired) electrons. The number of hydrogen-bond donors (Lipinski definition) is 0. The first-order chi connectivity index (χ1) is 12.3. The van der Waals surface area contributed by atoms with Gasteiger partial charge in [0.2, 0.25) is 0 Å². The highest BCUT2D eigenvalue weighted by molar-refractivity contribution is 6.62. The van der Waals surface area contributed by atoms with Crippen LogP contribution in [0.15, 0.2) is 30.3 Å². The molecule has 1 aromatic carbocycles. The van der Waals surface area contributed by atoms with Gasteiger partial charge in [-0.2, -0.15) is 0 Å². The highest BCUT2D eigenvalue weighted by atomic mass is 16.7. The highest BCUT2D eigenvalue weighted by Crippen LogP contribution is 2.36. The molecule has 0 aromatic heterocycles. The van der Waals surface area contributed by atoms with Crippen molar-refractivity contribution >= 4 is 18.2 Å². The molecule has 3 rings (SSSR count). The van der Waals surface area contributed by atoms with Crippen LogP contribution >= 0.6 is 0 Å². The Kier molecular flexibility index (Phi) is 5.92. The van der Waals surface area contributed by atoms with Gasteiger partial charge in [-0.1, -0.05) is 30.3 Å². The van der Waals surface area contributed by atoms with E-state index in [1.165, 1.54) is 11.1 Å². The van der Waals surface area contributed by atoms with Crippen LogP contribution in [0, 0.1) is 0 Å². The van der Waals surface area contributed by atoms with Crippen LogP contribution in [-0.4, -0.2) is 44.7 Å². The van der Waals surface area contributed by atoms with Gasteiger partial charge in [0.15, 0.2) is 0 Å². The monoisotopic (exact) mass is 358 g/mol. The summed E-state index contributed by atoms with van der Waals surface area (Å²) in [6, 6.07) is 8.61. The van der Waals surface area contributed by atoms with Gasteiger partial charge in [0.25, 0.3) is 0 Å². The third-order valence-electron chi connectivity index (χ3n) is 5.81. The Morgan fingerprint density at radius 2 is 1.69 bits per heavy atom. The second-order valence-electron chi connectivity index (χ2n) is 8.20. The summed E-state index contributed by atoms with van der Waals surface area (Å²) in [4.78, 5) is 0. The summed E-state index contributed by atoms with van der Waals surface area (Å²) in [5.41, 5.74) is 3.14. The van der Waals surface area contributed by atoms with Crippen molar-refractivity contribution < 1.29 is 18.8 Å². The molecule has 1 fully saturated rings. The molecule has 1 heterocycles. The lowest BCUT2D eigenvalue weighted by Gasteiger charge is -2.32. The maximum Gasteiger partial charge on any atom is 0.494 e. The zero-order chi connectivity index (χ0) is 18.8. The molecule has 2 aliphatic rings. The van der Waals surface area contributed by atoms with Gasteiger partial charge in [0.05, 0.1) is 30.5 Å². The first kappa shape index (κ1) is 19.6. The smallest absolute Gasteiger partial charge is 0.399 e. The summed E-state index contributed by atoms with van der Waals surface area (Å²) in [6.07, 6.45) is 5.71. The minimum atomic E-state index is -0.305. The summed E-state index contributed by atoms with van der Waals surface area (Å²) in [5, 5.41) is 0. The Labute approximate surface area is 158 Å². The molecule has 1 aliphatic heterocycles. The lowest BCUT2D eigenvalue weighted by Crippen LogP contribution is -2.41. The number of rotatable bonds is 6. The predicted molar refractivity (Wildman–Crippen MR) is 106 cm³/mol. The van der Waals surface area contributed by atoms with Crippen molar-refractivity contribution in [3.8, 4) is 0 Å². The van der Waals surface area contributed by atoms with E-state index in [0.717, 1.165) is 24.7 Å². The lowest BCUT2D eigenvalue weighted by molar-refractivity contribution is 0.00578. The van der Waals surface area contributed by atoms with Crippen molar-refractivity contribution in [2.45, 2.75) is 64.3 Å². The largest absolute Gasteiger partial charge is 0.494 e. The quantitative estimate of drug-likeness (QED) is 0.575. The van der Waals surface area contributed by atoms with E-state index in [1.54, 1.807) is 7.11 Å². The van der Waals surface area contributed by atoms with Crippen molar-refractivity contribution in [2.24, 2.45) is 0 Å². The van der Waals surface area contributed by atoms with Crippen LogP contribution in [0.3, 0.4) is 0 Å². The molecular formula is C21H31BO4. The van der Waals surface area contributed by atoms with Gasteiger partial charge >= 0.3 is 7.12 Å². The topological polar surface area (TPSA) is 36.9 Å². The minimum absolute atomic E-state index is 0.298. The molecule has 4 nitrogen and oxygen atoms in total. The molecule has 1 aromatic rings. The minimum Gasteiger partial charge on any atom is -0.399 e. The summed E-state index contributed by atoms with van der Waals surface area (Å²) in [5.74, 6) is 0. The van der Waals surface area contributed by atoms with Crippen molar-refractivity contribution in [3.63, 3.8) is 0 Å². The second-order valence-corrected chi connectivity index (χ2v) is 8.20. The van der Waals surface area contributed by atoms with E-state index in [0.29, 0.717) is 19.3 Å². The van der Waals surface area contributed by atoms with Gasteiger partial charge < -0.3 is 18.8 Å². The summed E-state index contributed by atoms with van der Waals surface area (Å²) < 4.78 is 23.1. The molecule has 0 spiro atoms. The zero-order valence-electron chi connectivity index (χ0n) is 16.7. The average molecular weight is 358 g/mol. The van der Waals surface area contributed by atoms with Crippen LogP contribution in [0.4, 0.5) is 0 Å². The van der Waals surface area contributed by atoms with Crippen LogP contribution in [0.25, 0.3) is 5.57 Å².